The minimum atomic E-state index is -0.374. The summed E-state index contributed by atoms with van der Waals surface area (Å²) in [5.41, 5.74) is 4.93. The Bertz CT molecular complexity index is 169. The van der Waals surface area contributed by atoms with Gasteiger partial charge in [0.25, 0.3) is 0 Å². The Hall–Kier alpha value is -0.510. The summed E-state index contributed by atoms with van der Waals surface area (Å²) in [4.78, 5) is 21.2. The fraction of sp³-hybridized carbons (Fsp3) is 0.667. The minimum absolute atomic E-state index is 0.0949. The Morgan fingerprint density at radius 3 is 2.90 bits per heavy atom. The van der Waals surface area contributed by atoms with Crippen molar-refractivity contribution in [3.8, 4) is 0 Å². The predicted molar refractivity (Wildman–Crippen MR) is 39.4 cm³/mol. The third-order valence-corrected chi connectivity index (χ3v) is 2.55. The number of carbonyl (C=O) groups excluding carboxylic acids is 2. The van der Waals surface area contributed by atoms with E-state index in [1.54, 1.807) is 0 Å². The molecule has 0 bridgehead atoms. The van der Waals surface area contributed by atoms with E-state index in [1.807, 2.05) is 0 Å². The van der Waals surface area contributed by atoms with Crippen LogP contribution in [-0.4, -0.2) is 16.8 Å². The van der Waals surface area contributed by atoms with Crippen molar-refractivity contribution in [2.24, 2.45) is 11.7 Å². The van der Waals surface area contributed by atoms with Gasteiger partial charge in [-0.25, -0.2) is 0 Å². The monoisotopic (exact) mass is 159 g/mol. The number of hydrogen-bond donors (Lipinski definition) is 1. The lowest BCUT2D eigenvalue weighted by molar-refractivity contribution is -0.122. The Balaban J connectivity index is 2.40. The second kappa shape index (κ2) is 3.05. The van der Waals surface area contributed by atoms with Crippen LogP contribution in [0.1, 0.15) is 12.8 Å². The summed E-state index contributed by atoms with van der Waals surface area (Å²) in [5, 5.41) is 0.124. The Kier molecular flexibility index (Phi) is 2.32. The first-order valence-corrected chi connectivity index (χ1v) is 4.13. The molecule has 1 unspecified atom stereocenters. The maximum absolute atomic E-state index is 10.9. The fourth-order valence-electron chi connectivity index (χ4n) is 0.966. The van der Waals surface area contributed by atoms with E-state index < -0.39 is 0 Å². The smallest absolute Gasteiger partial charge is 0.218 e. The highest BCUT2D eigenvalue weighted by atomic mass is 32.2. The molecule has 1 aliphatic rings. The molecule has 0 aromatic rings. The molecule has 1 heterocycles. The molecule has 0 aromatic carbocycles. The van der Waals surface area contributed by atoms with Crippen molar-refractivity contribution in [3.05, 3.63) is 0 Å². The molecule has 0 spiro atoms. The molecule has 0 aromatic heterocycles. The lowest BCUT2D eigenvalue weighted by Gasteiger charge is -2.00. The van der Waals surface area contributed by atoms with Gasteiger partial charge in [-0.15, -0.1) is 0 Å². The van der Waals surface area contributed by atoms with Gasteiger partial charge < -0.3 is 5.73 Å². The highest BCUT2D eigenvalue weighted by Gasteiger charge is 2.26. The molecule has 1 atom stereocenters. The van der Waals surface area contributed by atoms with Crippen LogP contribution in [0, 0.1) is 5.92 Å². The summed E-state index contributed by atoms with van der Waals surface area (Å²) >= 11 is 1.30. The van der Waals surface area contributed by atoms with Gasteiger partial charge in [0.2, 0.25) is 5.91 Å². The average Bonchev–Trinajstić information content (AvgIpc) is 2.15. The quantitative estimate of drug-likeness (QED) is 0.623. The summed E-state index contributed by atoms with van der Waals surface area (Å²) in [7, 11) is 0. The zero-order valence-corrected chi connectivity index (χ0v) is 6.32. The number of nitrogens with two attached hydrogens (primary N) is 1. The Morgan fingerprint density at radius 1 is 1.80 bits per heavy atom. The SMILES string of the molecule is NC(=O)CC1CCSC1=O. The van der Waals surface area contributed by atoms with E-state index in [9.17, 15) is 9.59 Å². The molecular formula is C6H9NO2S. The molecule has 3 nitrogen and oxygen atoms in total. The molecule has 56 valence electrons. The van der Waals surface area contributed by atoms with Crippen molar-refractivity contribution in [1.29, 1.82) is 0 Å². The van der Waals surface area contributed by atoms with Crippen LogP contribution in [0.3, 0.4) is 0 Å². The second-order valence-corrected chi connectivity index (χ2v) is 3.42. The van der Waals surface area contributed by atoms with Gasteiger partial charge in [-0.2, -0.15) is 0 Å². The first kappa shape index (κ1) is 7.60. The van der Waals surface area contributed by atoms with Crippen LogP contribution in [0.4, 0.5) is 0 Å². The summed E-state index contributed by atoms with van der Waals surface area (Å²) in [6.07, 6.45) is 1.04. The number of rotatable bonds is 2. The van der Waals surface area contributed by atoms with Crippen molar-refractivity contribution in [2.75, 3.05) is 5.75 Å². The first-order chi connectivity index (χ1) is 4.70. The Morgan fingerprint density at radius 2 is 2.50 bits per heavy atom. The van der Waals surface area contributed by atoms with Gasteiger partial charge in [0.1, 0.15) is 0 Å². The van der Waals surface area contributed by atoms with Crippen molar-refractivity contribution >= 4 is 22.8 Å². The zero-order chi connectivity index (χ0) is 7.56. The molecule has 1 saturated heterocycles. The van der Waals surface area contributed by atoms with Crippen LogP contribution in [-0.2, 0) is 9.59 Å². The third-order valence-electron chi connectivity index (χ3n) is 1.49. The predicted octanol–water partition coefficient (Wildman–Crippen LogP) is 0.141. The average molecular weight is 159 g/mol. The van der Waals surface area contributed by atoms with Gasteiger partial charge in [-0.05, 0) is 6.42 Å². The van der Waals surface area contributed by atoms with Crippen LogP contribution in [0.15, 0.2) is 0 Å². The Labute approximate surface area is 63.3 Å². The minimum Gasteiger partial charge on any atom is -0.370 e. The number of thioether (sulfide) groups is 1. The second-order valence-electron chi connectivity index (χ2n) is 2.32. The number of amides is 1. The van der Waals surface area contributed by atoms with E-state index in [0.29, 0.717) is 0 Å². The van der Waals surface area contributed by atoms with E-state index >= 15 is 0 Å². The van der Waals surface area contributed by atoms with Crippen LogP contribution in [0.25, 0.3) is 0 Å². The highest BCUT2D eigenvalue weighted by Crippen LogP contribution is 2.27. The van der Waals surface area contributed by atoms with Gasteiger partial charge in [-0.1, -0.05) is 11.8 Å². The summed E-state index contributed by atoms with van der Waals surface area (Å²) < 4.78 is 0. The van der Waals surface area contributed by atoms with Crippen molar-refractivity contribution in [2.45, 2.75) is 12.8 Å². The maximum atomic E-state index is 10.9. The van der Waals surface area contributed by atoms with Gasteiger partial charge in [0.05, 0.1) is 0 Å². The number of hydrogen-bond acceptors (Lipinski definition) is 3. The van der Waals surface area contributed by atoms with Gasteiger partial charge in [-0.3, -0.25) is 9.59 Å². The largest absolute Gasteiger partial charge is 0.370 e. The molecule has 1 amide bonds. The molecule has 2 N–H and O–H groups in total. The lowest BCUT2D eigenvalue weighted by atomic mass is 10.0. The maximum Gasteiger partial charge on any atom is 0.218 e. The standard InChI is InChI=1S/C6H9NO2S/c7-5(8)3-4-1-2-10-6(4)9/h4H,1-3H2,(H2,7,8). The number of primary amides is 1. The molecule has 4 heteroatoms. The van der Waals surface area contributed by atoms with Gasteiger partial charge in [0, 0.05) is 18.1 Å². The van der Waals surface area contributed by atoms with Crippen LogP contribution in [0.2, 0.25) is 0 Å². The van der Waals surface area contributed by atoms with Crippen LogP contribution < -0.4 is 5.73 Å². The van der Waals surface area contributed by atoms with E-state index in [1.165, 1.54) is 11.8 Å². The van der Waals surface area contributed by atoms with E-state index in [2.05, 4.69) is 0 Å². The van der Waals surface area contributed by atoms with E-state index in [-0.39, 0.29) is 23.4 Å². The van der Waals surface area contributed by atoms with Crippen molar-refractivity contribution in [3.63, 3.8) is 0 Å². The zero-order valence-electron chi connectivity index (χ0n) is 5.50. The van der Waals surface area contributed by atoms with Gasteiger partial charge in [0.15, 0.2) is 5.12 Å². The normalized spacial score (nSPS) is 25.2. The molecule has 0 radical (unpaired) electrons. The molecule has 10 heavy (non-hydrogen) atoms. The number of carbonyl (C=O) groups is 2. The fourth-order valence-corrected chi connectivity index (χ4v) is 2.01. The summed E-state index contributed by atoms with van der Waals surface area (Å²) in [6, 6.07) is 0. The van der Waals surface area contributed by atoms with Crippen molar-refractivity contribution in [1.82, 2.24) is 0 Å². The molecule has 0 saturated carbocycles. The van der Waals surface area contributed by atoms with Crippen LogP contribution in [0.5, 0.6) is 0 Å². The van der Waals surface area contributed by atoms with Gasteiger partial charge >= 0.3 is 0 Å². The third kappa shape index (κ3) is 1.73. The highest BCUT2D eigenvalue weighted by molar-refractivity contribution is 8.14. The summed E-state index contributed by atoms with van der Waals surface area (Å²) in [5.74, 6) is 0.375. The van der Waals surface area contributed by atoms with E-state index in [4.69, 9.17) is 5.73 Å². The molecule has 1 fully saturated rings. The topological polar surface area (TPSA) is 60.2 Å². The van der Waals surface area contributed by atoms with Crippen LogP contribution >= 0.6 is 11.8 Å². The summed E-state index contributed by atoms with van der Waals surface area (Å²) in [6.45, 7) is 0. The molecule has 0 aliphatic carbocycles. The lowest BCUT2D eigenvalue weighted by Crippen LogP contribution is -2.18. The first-order valence-electron chi connectivity index (χ1n) is 3.15. The molecule has 1 aliphatic heterocycles. The van der Waals surface area contributed by atoms with Crippen molar-refractivity contribution < 1.29 is 9.59 Å². The molecule has 1 rings (SSSR count). The van der Waals surface area contributed by atoms with E-state index in [0.717, 1.165) is 12.2 Å². The molecular weight excluding hydrogens is 150 g/mol.